The van der Waals surface area contributed by atoms with E-state index >= 15 is 0 Å². The fourth-order valence-electron chi connectivity index (χ4n) is 9.57. The average Bonchev–Trinajstić information content (AvgIpc) is 2.73. The van der Waals surface area contributed by atoms with Gasteiger partial charge in [0.15, 0.2) is 0 Å². The van der Waals surface area contributed by atoms with Crippen LogP contribution in [0.25, 0.3) is 0 Å². The van der Waals surface area contributed by atoms with E-state index in [1.807, 2.05) is 0 Å². The van der Waals surface area contributed by atoms with Gasteiger partial charge in [-0.1, -0.05) is 69.2 Å². The third-order valence-electron chi connectivity index (χ3n) is 10.6. The monoisotopic (exact) mass is 378 g/mol. The smallest absolute Gasteiger partial charge is 0.146 e. The van der Waals surface area contributed by atoms with Crippen LogP contribution in [0.1, 0.15) is 133 Å². The van der Waals surface area contributed by atoms with Gasteiger partial charge in [-0.05, 0) is 80.5 Å². The Kier molecular flexibility index (Phi) is 7.85. The molecule has 0 bridgehead atoms. The molecular formula is C26H50O. The van der Waals surface area contributed by atoms with E-state index in [0.717, 1.165) is 51.4 Å². The molecule has 1 rings (SSSR count). The van der Waals surface area contributed by atoms with Gasteiger partial charge in [0.25, 0.3) is 0 Å². The van der Waals surface area contributed by atoms with E-state index in [0.29, 0.717) is 5.78 Å². The van der Waals surface area contributed by atoms with Crippen molar-refractivity contribution in [1.29, 1.82) is 0 Å². The van der Waals surface area contributed by atoms with Gasteiger partial charge in [0.2, 0.25) is 0 Å². The van der Waals surface area contributed by atoms with Gasteiger partial charge in [0, 0.05) is 10.8 Å². The summed E-state index contributed by atoms with van der Waals surface area (Å²) in [5.41, 5.74) is 0.0671. The summed E-state index contributed by atoms with van der Waals surface area (Å²) in [6.07, 6.45) is 10.9. The average molecular weight is 379 g/mol. The molecule has 27 heavy (non-hydrogen) atoms. The Bertz CT molecular complexity index is 440. The minimum atomic E-state index is -0.178. The van der Waals surface area contributed by atoms with Crippen LogP contribution in [0.4, 0.5) is 0 Å². The first-order chi connectivity index (χ1) is 12.8. The fraction of sp³-hybridized carbons (Fsp3) is 0.962. The first-order valence-electron chi connectivity index (χ1n) is 12.3. The SMILES string of the molecule is CCC1(CC)C(=O)C(CC)(CC)C(CC)(CC)C(CC)(CC)C1(CC)CC. The number of Topliss-reactive ketones (excluding diaryl/α,β-unsaturated/α-hetero) is 1. The maximum atomic E-state index is 14.7. The lowest BCUT2D eigenvalue weighted by Crippen LogP contribution is -2.74. The van der Waals surface area contributed by atoms with E-state index in [1.54, 1.807) is 0 Å². The van der Waals surface area contributed by atoms with Gasteiger partial charge >= 0.3 is 0 Å². The van der Waals surface area contributed by atoms with Gasteiger partial charge in [-0.2, -0.15) is 0 Å². The highest BCUT2D eigenvalue weighted by Gasteiger charge is 2.77. The van der Waals surface area contributed by atoms with Crippen LogP contribution in [0.2, 0.25) is 0 Å². The van der Waals surface area contributed by atoms with Crippen molar-refractivity contribution in [3.63, 3.8) is 0 Å². The standard InChI is InChI=1S/C26H50O/c1-11-22(12-2)21(27)23(13-3,14-4)25(17-7,18-8)26(19-9,20-10)24(22,15-5)16-6/h11-20H2,1-10H3. The van der Waals surface area contributed by atoms with Crippen LogP contribution >= 0.6 is 0 Å². The molecule has 1 fully saturated rings. The molecule has 0 aliphatic heterocycles. The summed E-state index contributed by atoms with van der Waals surface area (Å²) in [6.45, 7) is 23.6. The first kappa shape index (κ1) is 24.7. The molecule has 1 saturated carbocycles. The zero-order valence-electron chi connectivity index (χ0n) is 20.5. The third kappa shape index (κ3) is 2.38. The Hall–Kier alpha value is -0.330. The molecule has 0 aromatic heterocycles. The second-order valence-corrected chi connectivity index (χ2v) is 9.28. The molecule has 1 aliphatic carbocycles. The Morgan fingerprint density at radius 3 is 0.778 bits per heavy atom. The topological polar surface area (TPSA) is 17.1 Å². The van der Waals surface area contributed by atoms with Crippen LogP contribution in [0, 0.1) is 27.1 Å². The molecule has 0 saturated heterocycles. The number of carbonyl (C=O) groups excluding carboxylic acids is 1. The third-order valence-corrected chi connectivity index (χ3v) is 10.6. The number of carbonyl (C=O) groups is 1. The lowest BCUT2D eigenvalue weighted by molar-refractivity contribution is -0.260. The minimum Gasteiger partial charge on any atom is -0.298 e. The highest BCUT2D eigenvalue weighted by molar-refractivity contribution is 5.93. The van der Waals surface area contributed by atoms with Crippen LogP contribution < -0.4 is 0 Å². The molecule has 0 radical (unpaired) electrons. The Balaban J connectivity index is 4.27. The summed E-state index contributed by atoms with van der Waals surface area (Å²) < 4.78 is 0. The molecule has 1 heteroatoms. The van der Waals surface area contributed by atoms with E-state index in [4.69, 9.17) is 0 Å². The molecule has 0 aromatic carbocycles. The van der Waals surface area contributed by atoms with Crippen molar-refractivity contribution in [1.82, 2.24) is 0 Å². The second-order valence-electron chi connectivity index (χ2n) is 9.28. The van der Waals surface area contributed by atoms with Crippen LogP contribution in [0.3, 0.4) is 0 Å². The molecule has 0 spiro atoms. The molecule has 1 aliphatic rings. The molecule has 0 N–H and O–H groups in total. The highest BCUT2D eigenvalue weighted by atomic mass is 16.1. The van der Waals surface area contributed by atoms with Crippen molar-refractivity contribution in [3.05, 3.63) is 0 Å². The van der Waals surface area contributed by atoms with Gasteiger partial charge in [-0.15, -0.1) is 0 Å². The molecular weight excluding hydrogens is 328 g/mol. The maximum absolute atomic E-state index is 14.7. The molecule has 0 unspecified atom stereocenters. The Labute approximate surface area is 171 Å². The molecule has 160 valence electrons. The summed E-state index contributed by atoms with van der Waals surface area (Å²) in [6, 6.07) is 0. The Morgan fingerprint density at radius 1 is 0.407 bits per heavy atom. The van der Waals surface area contributed by atoms with Gasteiger partial charge < -0.3 is 0 Å². The van der Waals surface area contributed by atoms with Crippen molar-refractivity contribution >= 4 is 5.78 Å². The van der Waals surface area contributed by atoms with E-state index in [-0.39, 0.29) is 27.1 Å². The zero-order chi connectivity index (χ0) is 21.1. The van der Waals surface area contributed by atoms with E-state index in [2.05, 4.69) is 69.2 Å². The predicted octanol–water partition coefficient (Wildman–Crippen LogP) is 8.60. The van der Waals surface area contributed by atoms with Crippen molar-refractivity contribution < 1.29 is 4.79 Å². The maximum Gasteiger partial charge on any atom is 0.146 e. The molecule has 1 nitrogen and oxygen atoms in total. The van der Waals surface area contributed by atoms with Crippen LogP contribution in [0.5, 0.6) is 0 Å². The molecule has 0 aromatic rings. The number of hydrogen-bond donors (Lipinski definition) is 0. The van der Waals surface area contributed by atoms with Crippen molar-refractivity contribution in [2.45, 2.75) is 133 Å². The molecule has 0 atom stereocenters. The minimum absolute atomic E-state index is 0.101. The molecule has 0 heterocycles. The van der Waals surface area contributed by atoms with Crippen LogP contribution in [-0.2, 0) is 4.79 Å². The largest absolute Gasteiger partial charge is 0.298 e. The molecule has 0 amide bonds. The van der Waals surface area contributed by atoms with Crippen LogP contribution in [0.15, 0.2) is 0 Å². The highest BCUT2D eigenvalue weighted by Crippen LogP contribution is 2.79. The number of ketones is 1. The van der Waals surface area contributed by atoms with Crippen molar-refractivity contribution in [3.8, 4) is 0 Å². The van der Waals surface area contributed by atoms with E-state index in [1.165, 1.54) is 12.8 Å². The zero-order valence-corrected chi connectivity index (χ0v) is 20.5. The summed E-state index contributed by atoms with van der Waals surface area (Å²) in [7, 11) is 0. The number of rotatable bonds is 10. The van der Waals surface area contributed by atoms with Crippen molar-refractivity contribution in [2.24, 2.45) is 27.1 Å². The van der Waals surface area contributed by atoms with Gasteiger partial charge in [0.1, 0.15) is 5.78 Å². The number of hydrogen-bond acceptors (Lipinski definition) is 1. The quantitative estimate of drug-likeness (QED) is 0.372. The van der Waals surface area contributed by atoms with E-state index in [9.17, 15) is 4.79 Å². The fourth-order valence-corrected chi connectivity index (χ4v) is 9.57. The van der Waals surface area contributed by atoms with Crippen molar-refractivity contribution in [2.75, 3.05) is 0 Å². The summed E-state index contributed by atoms with van der Waals surface area (Å²) in [5, 5.41) is 0. The summed E-state index contributed by atoms with van der Waals surface area (Å²) >= 11 is 0. The summed E-state index contributed by atoms with van der Waals surface area (Å²) in [5.74, 6) is 0.634. The van der Waals surface area contributed by atoms with Crippen LogP contribution in [-0.4, -0.2) is 5.78 Å². The predicted molar refractivity (Wildman–Crippen MR) is 120 cm³/mol. The van der Waals surface area contributed by atoms with Gasteiger partial charge in [-0.3, -0.25) is 4.79 Å². The second kappa shape index (κ2) is 8.58. The lowest BCUT2D eigenvalue weighted by Gasteiger charge is -2.76. The van der Waals surface area contributed by atoms with E-state index < -0.39 is 0 Å². The summed E-state index contributed by atoms with van der Waals surface area (Å²) in [4.78, 5) is 14.7. The normalized spacial score (nSPS) is 24.7. The Morgan fingerprint density at radius 2 is 0.630 bits per heavy atom. The lowest BCUT2D eigenvalue weighted by atomic mass is 9.26. The van der Waals surface area contributed by atoms with Gasteiger partial charge in [-0.25, -0.2) is 0 Å². The first-order valence-corrected chi connectivity index (χ1v) is 12.3. The van der Waals surface area contributed by atoms with Gasteiger partial charge in [0.05, 0.1) is 0 Å².